The molecule has 2 aromatic rings. The van der Waals surface area contributed by atoms with Crippen molar-refractivity contribution in [3.05, 3.63) is 59.7 Å². The zero-order valence-electron chi connectivity index (χ0n) is 18.1. The summed E-state index contributed by atoms with van der Waals surface area (Å²) < 4.78 is 11.0. The Labute approximate surface area is 197 Å². The van der Waals surface area contributed by atoms with Crippen LogP contribution in [-0.4, -0.2) is 57.8 Å². The van der Waals surface area contributed by atoms with Gasteiger partial charge in [-0.05, 0) is 30.2 Å². The molecule has 0 saturated carbocycles. The highest BCUT2D eigenvalue weighted by Gasteiger charge is 2.21. The number of nitrogens with zero attached hydrogens (tertiary/aromatic N) is 3. The minimum Gasteiger partial charge on any atom is -0.495 e. The lowest BCUT2D eigenvalue weighted by Gasteiger charge is -2.38. The second kappa shape index (κ2) is 12.6. The fraction of sp³-hybridized carbons (Fsp3) is 0.435. The van der Waals surface area contributed by atoms with Gasteiger partial charge in [-0.3, -0.25) is 4.99 Å². The highest BCUT2D eigenvalue weighted by molar-refractivity contribution is 14.0. The van der Waals surface area contributed by atoms with E-state index in [4.69, 9.17) is 9.47 Å². The lowest BCUT2D eigenvalue weighted by atomic mass is 10.1. The van der Waals surface area contributed by atoms with E-state index in [1.807, 2.05) is 26.1 Å². The van der Waals surface area contributed by atoms with E-state index in [0.29, 0.717) is 6.61 Å². The SMILES string of the molecule is CCOCc1ccc(CNC(=NC)N2CCN(c3ccccc3OC)CC2)cc1.I. The zero-order valence-corrected chi connectivity index (χ0v) is 20.5. The van der Waals surface area contributed by atoms with Crippen LogP contribution in [0, 0.1) is 0 Å². The number of halogens is 1. The largest absolute Gasteiger partial charge is 0.495 e. The van der Waals surface area contributed by atoms with Gasteiger partial charge in [0.15, 0.2) is 5.96 Å². The standard InChI is InChI=1S/C23H32N4O2.HI/c1-4-29-18-20-11-9-19(10-12-20)17-25-23(24-2)27-15-13-26(14-16-27)21-7-5-6-8-22(21)28-3;/h5-12H,4,13-18H2,1-3H3,(H,24,25);1H. The molecular formula is C23H33IN4O2. The number of piperazine rings is 1. The molecule has 1 aliphatic rings. The van der Waals surface area contributed by atoms with Gasteiger partial charge in [0.05, 0.1) is 19.4 Å². The van der Waals surface area contributed by atoms with Gasteiger partial charge in [0.1, 0.15) is 5.75 Å². The predicted molar refractivity (Wildman–Crippen MR) is 134 cm³/mol. The van der Waals surface area contributed by atoms with Crippen molar-refractivity contribution in [1.29, 1.82) is 0 Å². The summed E-state index contributed by atoms with van der Waals surface area (Å²) >= 11 is 0. The normalized spacial score (nSPS) is 14.3. The van der Waals surface area contributed by atoms with Gasteiger partial charge in [-0.2, -0.15) is 0 Å². The van der Waals surface area contributed by atoms with Crippen LogP contribution in [0.3, 0.4) is 0 Å². The van der Waals surface area contributed by atoms with E-state index in [1.165, 1.54) is 11.1 Å². The van der Waals surface area contributed by atoms with Gasteiger partial charge in [-0.1, -0.05) is 36.4 Å². The van der Waals surface area contributed by atoms with E-state index in [2.05, 4.69) is 56.5 Å². The summed E-state index contributed by atoms with van der Waals surface area (Å²) in [6.45, 7) is 7.90. The van der Waals surface area contributed by atoms with Crippen LogP contribution in [0.5, 0.6) is 5.75 Å². The van der Waals surface area contributed by atoms with Gasteiger partial charge in [-0.25, -0.2) is 0 Å². The lowest BCUT2D eigenvalue weighted by Crippen LogP contribution is -2.52. The van der Waals surface area contributed by atoms with Crippen molar-refractivity contribution in [2.75, 3.05) is 51.8 Å². The molecule has 1 fully saturated rings. The molecule has 0 radical (unpaired) electrons. The molecule has 1 N–H and O–H groups in total. The number of para-hydroxylation sites is 2. The zero-order chi connectivity index (χ0) is 20.5. The number of guanidine groups is 1. The number of hydrogen-bond donors (Lipinski definition) is 1. The van der Waals surface area contributed by atoms with Gasteiger partial charge < -0.3 is 24.6 Å². The van der Waals surface area contributed by atoms with E-state index in [1.54, 1.807) is 7.11 Å². The number of hydrogen-bond acceptors (Lipinski definition) is 4. The number of anilines is 1. The van der Waals surface area contributed by atoms with Crippen molar-refractivity contribution in [2.24, 2.45) is 4.99 Å². The lowest BCUT2D eigenvalue weighted by molar-refractivity contribution is 0.134. The highest BCUT2D eigenvalue weighted by atomic mass is 127. The predicted octanol–water partition coefficient (Wildman–Crippen LogP) is 3.75. The minimum atomic E-state index is 0. The number of rotatable bonds is 7. The minimum absolute atomic E-state index is 0. The summed E-state index contributed by atoms with van der Waals surface area (Å²) in [7, 11) is 3.57. The number of nitrogens with one attached hydrogen (secondary N) is 1. The van der Waals surface area contributed by atoms with Gasteiger partial charge in [0.25, 0.3) is 0 Å². The van der Waals surface area contributed by atoms with Crippen LogP contribution in [0.2, 0.25) is 0 Å². The Bertz CT molecular complexity index is 790. The van der Waals surface area contributed by atoms with Crippen LogP contribution in [0.4, 0.5) is 5.69 Å². The molecule has 2 aromatic carbocycles. The summed E-state index contributed by atoms with van der Waals surface area (Å²) in [6, 6.07) is 16.8. The van der Waals surface area contributed by atoms with Crippen molar-refractivity contribution in [3.63, 3.8) is 0 Å². The number of ether oxygens (including phenoxy) is 2. The van der Waals surface area contributed by atoms with Crippen LogP contribution in [0.15, 0.2) is 53.5 Å². The molecule has 3 rings (SSSR count). The monoisotopic (exact) mass is 524 g/mol. The molecule has 30 heavy (non-hydrogen) atoms. The van der Waals surface area contributed by atoms with Gasteiger partial charge in [0.2, 0.25) is 0 Å². The number of methoxy groups -OCH3 is 1. The topological polar surface area (TPSA) is 49.3 Å². The third-order valence-corrected chi connectivity index (χ3v) is 5.16. The summed E-state index contributed by atoms with van der Waals surface area (Å²) in [4.78, 5) is 9.17. The average Bonchev–Trinajstić information content (AvgIpc) is 2.79. The van der Waals surface area contributed by atoms with Gasteiger partial charge >= 0.3 is 0 Å². The first kappa shape index (κ1) is 24.3. The third kappa shape index (κ3) is 6.50. The summed E-state index contributed by atoms with van der Waals surface area (Å²) in [6.07, 6.45) is 0. The average molecular weight is 524 g/mol. The Hall–Kier alpha value is -2.00. The first-order valence-corrected chi connectivity index (χ1v) is 10.2. The highest BCUT2D eigenvalue weighted by Crippen LogP contribution is 2.28. The Balaban J connectivity index is 0.00000320. The molecule has 0 unspecified atom stereocenters. The van der Waals surface area contributed by atoms with E-state index < -0.39 is 0 Å². The fourth-order valence-corrected chi connectivity index (χ4v) is 3.54. The molecular weight excluding hydrogens is 491 g/mol. The van der Waals surface area contributed by atoms with E-state index in [-0.39, 0.29) is 24.0 Å². The molecule has 1 aliphatic heterocycles. The second-order valence-corrected chi connectivity index (χ2v) is 7.00. The molecule has 0 aromatic heterocycles. The maximum absolute atomic E-state index is 5.51. The first-order valence-electron chi connectivity index (χ1n) is 10.2. The van der Waals surface area contributed by atoms with Gasteiger partial charge in [0, 0.05) is 46.4 Å². The Kier molecular flexibility index (Phi) is 10.2. The quantitative estimate of drug-likeness (QED) is 0.340. The molecule has 0 spiro atoms. The maximum atomic E-state index is 5.51. The molecule has 0 aliphatic carbocycles. The van der Waals surface area contributed by atoms with E-state index >= 15 is 0 Å². The van der Waals surface area contributed by atoms with Crippen molar-refractivity contribution in [2.45, 2.75) is 20.1 Å². The van der Waals surface area contributed by atoms with E-state index in [9.17, 15) is 0 Å². The molecule has 6 nitrogen and oxygen atoms in total. The molecule has 0 atom stereocenters. The molecule has 7 heteroatoms. The second-order valence-electron chi connectivity index (χ2n) is 7.00. The van der Waals surface area contributed by atoms with Crippen LogP contribution in [0.1, 0.15) is 18.1 Å². The van der Waals surface area contributed by atoms with Crippen LogP contribution in [-0.2, 0) is 17.9 Å². The van der Waals surface area contributed by atoms with Crippen molar-refractivity contribution >= 4 is 35.6 Å². The first-order chi connectivity index (χ1) is 14.2. The molecule has 0 bridgehead atoms. The number of aliphatic imine (C=N–C) groups is 1. The Morgan fingerprint density at radius 3 is 2.30 bits per heavy atom. The molecule has 1 heterocycles. The van der Waals surface area contributed by atoms with Crippen molar-refractivity contribution < 1.29 is 9.47 Å². The molecule has 0 amide bonds. The maximum Gasteiger partial charge on any atom is 0.194 e. The van der Waals surface area contributed by atoms with Crippen LogP contribution < -0.4 is 15.0 Å². The van der Waals surface area contributed by atoms with Crippen LogP contribution in [0.25, 0.3) is 0 Å². The molecule has 1 saturated heterocycles. The summed E-state index contributed by atoms with van der Waals surface area (Å²) in [5, 5.41) is 3.50. The summed E-state index contributed by atoms with van der Waals surface area (Å²) in [5.41, 5.74) is 3.59. The van der Waals surface area contributed by atoms with Crippen molar-refractivity contribution in [3.8, 4) is 5.75 Å². The van der Waals surface area contributed by atoms with Crippen molar-refractivity contribution in [1.82, 2.24) is 10.2 Å². The Morgan fingerprint density at radius 1 is 1.00 bits per heavy atom. The third-order valence-electron chi connectivity index (χ3n) is 5.16. The van der Waals surface area contributed by atoms with Gasteiger partial charge in [-0.15, -0.1) is 24.0 Å². The van der Waals surface area contributed by atoms with Crippen LogP contribution >= 0.6 is 24.0 Å². The van der Waals surface area contributed by atoms with E-state index in [0.717, 1.165) is 56.7 Å². The fourth-order valence-electron chi connectivity index (χ4n) is 3.54. The summed E-state index contributed by atoms with van der Waals surface area (Å²) in [5.74, 6) is 1.87. The molecule has 164 valence electrons. The number of benzene rings is 2. The smallest absolute Gasteiger partial charge is 0.194 e. The Morgan fingerprint density at radius 2 is 1.67 bits per heavy atom.